The van der Waals surface area contributed by atoms with Crippen molar-refractivity contribution >= 4 is 11.9 Å². The van der Waals surface area contributed by atoms with Crippen molar-refractivity contribution in [2.24, 2.45) is 0 Å². The molecule has 5 heteroatoms. The standard InChI is InChI=1S/C11H20N2O3/c1-11(2,3)13(12-10(15)16)7-4-5-9(14)6-8-13/h12H,4-8H2,1-3H3. The molecule has 5 nitrogen and oxygen atoms in total. The van der Waals surface area contributed by atoms with Crippen LogP contribution in [0.15, 0.2) is 0 Å². The number of nitrogens with zero attached hydrogens (tertiary/aromatic N) is 1. The van der Waals surface area contributed by atoms with Crippen molar-refractivity contribution in [2.45, 2.75) is 45.6 Å². The predicted molar refractivity (Wildman–Crippen MR) is 57.1 cm³/mol. The van der Waals surface area contributed by atoms with Crippen molar-refractivity contribution in [3.63, 3.8) is 0 Å². The van der Waals surface area contributed by atoms with Gasteiger partial charge in [-0.05, 0) is 20.8 Å². The van der Waals surface area contributed by atoms with Crippen LogP contribution in [0.4, 0.5) is 4.79 Å². The van der Waals surface area contributed by atoms with Crippen LogP contribution in [0, 0.1) is 0 Å². The van der Waals surface area contributed by atoms with Gasteiger partial charge in [0.25, 0.3) is 0 Å². The second-order valence-electron chi connectivity index (χ2n) is 5.38. The highest BCUT2D eigenvalue weighted by Gasteiger charge is 2.42. The summed E-state index contributed by atoms with van der Waals surface area (Å²) in [5.74, 6) is 0.212. The van der Waals surface area contributed by atoms with E-state index in [1.54, 1.807) is 0 Å². The van der Waals surface area contributed by atoms with Crippen molar-refractivity contribution in [2.75, 3.05) is 13.1 Å². The van der Waals surface area contributed by atoms with Crippen LogP contribution in [0.5, 0.6) is 0 Å². The molecule has 1 saturated heterocycles. The molecule has 1 heterocycles. The lowest BCUT2D eigenvalue weighted by atomic mass is 10.0. The summed E-state index contributed by atoms with van der Waals surface area (Å²) in [6.45, 7) is 7.07. The minimum atomic E-state index is -1.27. The van der Waals surface area contributed by atoms with E-state index in [1.807, 2.05) is 20.8 Å². The lowest BCUT2D eigenvalue weighted by molar-refractivity contribution is -1.00. The Kier molecular flexibility index (Phi) is 3.57. The Bertz CT molecular complexity index is 296. The Hall–Kier alpha value is -1.10. The molecule has 0 aromatic heterocycles. The van der Waals surface area contributed by atoms with E-state index in [9.17, 15) is 14.7 Å². The number of likely N-dealkylation sites (tertiary alicyclic amines) is 1. The van der Waals surface area contributed by atoms with Crippen LogP contribution in [0.2, 0.25) is 0 Å². The van der Waals surface area contributed by atoms with Gasteiger partial charge in [0.2, 0.25) is 0 Å². The number of ketones is 1. The molecule has 0 bridgehead atoms. The lowest BCUT2D eigenvalue weighted by Gasteiger charge is -2.47. The van der Waals surface area contributed by atoms with Gasteiger partial charge in [-0.1, -0.05) is 0 Å². The van der Waals surface area contributed by atoms with Crippen LogP contribution in [0.3, 0.4) is 0 Å². The van der Waals surface area contributed by atoms with Crippen LogP contribution < -0.4 is 10.5 Å². The number of amides is 1. The summed E-state index contributed by atoms with van der Waals surface area (Å²) in [7, 11) is 0. The minimum Gasteiger partial charge on any atom is -0.526 e. The van der Waals surface area contributed by atoms with E-state index in [-0.39, 0.29) is 15.9 Å². The predicted octanol–water partition coefficient (Wildman–Crippen LogP) is 0.203. The summed E-state index contributed by atoms with van der Waals surface area (Å²) in [5.41, 5.74) is 2.21. The summed E-state index contributed by atoms with van der Waals surface area (Å²) in [5, 5.41) is 10.8. The second-order valence-corrected chi connectivity index (χ2v) is 5.38. The molecule has 1 amide bonds. The van der Waals surface area contributed by atoms with Crippen LogP contribution >= 0.6 is 0 Å². The SMILES string of the molecule is CC(C)(C)[N+]1(NC(=O)[O-])CCCC(=O)CC1. The van der Waals surface area contributed by atoms with Gasteiger partial charge in [0, 0.05) is 12.8 Å². The molecular formula is C11H20N2O3. The molecular weight excluding hydrogens is 208 g/mol. The van der Waals surface area contributed by atoms with Gasteiger partial charge in [-0.15, -0.1) is 0 Å². The van der Waals surface area contributed by atoms with Gasteiger partial charge in [-0.3, -0.25) is 4.79 Å². The highest BCUT2D eigenvalue weighted by atomic mass is 16.4. The third-order valence-corrected chi connectivity index (χ3v) is 3.36. The Morgan fingerprint density at radius 3 is 2.44 bits per heavy atom. The van der Waals surface area contributed by atoms with E-state index in [1.165, 1.54) is 0 Å². The first-order chi connectivity index (χ1) is 7.27. The van der Waals surface area contributed by atoms with E-state index in [0.717, 1.165) is 6.42 Å². The van der Waals surface area contributed by atoms with Gasteiger partial charge < -0.3 is 9.90 Å². The third kappa shape index (κ3) is 2.72. The van der Waals surface area contributed by atoms with E-state index in [2.05, 4.69) is 5.43 Å². The molecule has 1 aliphatic heterocycles. The van der Waals surface area contributed by atoms with E-state index in [0.29, 0.717) is 25.9 Å². The Morgan fingerprint density at radius 1 is 1.31 bits per heavy atom. The Labute approximate surface area is 96.0 Å². The number of hydrogen-bond acceptors (Lipinski definition) is 3. The van der Waals surface area contributed by atoms with Crippen molar-refractivity contribution < 1.29 is 19.3 Å². The molecule has 1 fully saturated rings. The van der Waals surface area contributed by atoms with Crippen molar-refractivity contribution in [1.29, 1.82) is 0 Å². The number of carbonyl (C=O) groups is 2. The van der Waals surface area contributed by atoms with Gasteiger partial charge in [0.15, 0.2) is 6.09 Å². The fourth-order valence-electron chi connectivity index (χ4n) is 2.22. The number of carbonyl (C=O) groups excluding carboxylic acids is 2. The average Bonchev–Trinajstić information content (AvgIpc) is 2.27. The van der Waals surface area contributed by atoms with Crippen molar-refractivity contribution in [3.05, 3.63) is 0 Å². The molecule has 1 N–H and O–H groups in total. The first kappa shape index (κ1) is 13.0. The van der Waals surface area contributed by atoms with Crippen LogP contribution in [0.1, 0.15) is 40.0 Å². The van der Waals surface area contributed by atoms with Crippen LogP contribution in [-0.2, 0) is 4.79 Å². The Balaban J connectivity index is 2.94. The zero-order valence-electron chi connectivity index (χ0n) is 10.2. The number of hydrogen-bond donors (Lipinski definition) is 1. The molecule has 1 aliphatic rings. The topological polar surface area (TPSA) is 69.2 Å². The summed E-state index contributed by atoms with van der Waals surface area (Å²) >= 11 is 0. The summed E-state index contributed by atoms with van der Waals surface area (Å²) in [6.07, 6.45) is 0.419. The molecule has 0 radical (unpaired) electrons. The van der Waals surface area contributed by atoms with Gasteiger partial charge in [0.1, 0.15) is 24.4 Å². The van der Waals surface area contributed by atoms with Gasteiger partial charge in [-0.25, -0.2) is 10.0 Å². The maximum absolute atomic E-state index is 11.4. The average molecular weight is 228 g/mol. The molecule has 0 saturated carbocycles. The second kappa shape index (κ2) is 4.41. The first-order valence-electron chi connectivity index (χ1n) is 5.65. The summed E-state index contributed by atoms with van der Waals surface area (Å²) in [4.78, 5) is 22.2. The fourth-order valence-corrected chi connectivity index (χ4v) is 2.22. The maximum atomic E-state index is 11.4. The zero-order chi connectivity index (χ0) is 12.4. The van der Waals surface area contributed by atoms with Crippen LogP contribution in [0.25, 0.3) is 0 Å². The number of Topliss-reactive ketones (excluding diaryl/α,β-unsaturated/α-hetero) is 1. The van der Waals surface area contributed by atoms with E-state index in [4.69, 9.17) is 0 Å². The zero-order valence-corrected chi connectivity index (χ0v) is 10.2. The molecule has 1 atom stereocenters. The summed E-state index contributed by atoms with van der Waals surface area (Å²) in [6, 6.07) is 0. The van der Waals surface area contributed by atoms with E-state index >= 15 is 0 Å². The monoisotopic (exact) mass is 228 g/mol. The molecule has 1 rings (SSSR count). The maximum Gasteiger partial charge on any atom is 0.185 e. The number of carboxylic acid groups (broad SMARTS) is 1. The van der Waals surface area contributed by atoms with Crippen molar-refractivity contribution in [1.82, 2.24) is 5.43 Å². The number of rotatable bonds is 1. The highest BCUT2D eigenvalue weighted by Crippen LogP contribution is 2.26. The largest absolute Gasteiger partial charge is 0.526 e. The quantitative estimate of drug-likeness (QED) is 0.652. The number of quaternary nitrogens is 1. The minimum absolute atomic E-state index is 0.209. The lowest BCUT2D eigenvalue weighted by Crippen LogP contribution is -2.71. The van der Waals surface area contributed by atoms with Gasteiger partial charge in [0.05, 0.1) is 6.42 Å². The van der Waals surface area contributed by atoms with E-state index < -0.39 is 6.09 Å². The molecule has 16 heavy (non-hydrogen) atoms. The highest BCUT2D eigenvalue weighted by molar-refractivity contribution is 5.78. The molecule has 0 aromatic rings. The third-order valence-electron chi connectivity index (χ3n) is 3.36. The summed E-state index contributed by atoms with van der Waals surface area (Å²) < 4.78 is 0.209. The molecule has 0 aromatic carbocycles. The number of nitrogens with one attached hydrogen (secondary N) is 1. The Morgan fingerprint density at radius 2 is 1.94 bits per heavy atom. The molecule has 0 aliphatic carbocycles. The fraction of sp³-hybridized carbons (Fsp3) is 0.818. The molecule has 0 spiro atoms. The first-order valence-corrected chi connectivity index (χ1v) is 5.65. The van der Waals surface area contributed by atoms with Gasteiger partial charge in [-0.2, -0.15) is 0 Å². The smallest absolute Gasteiger partial charge is 0.185 e. The molecule has 92 valence electrons. The molecule has 1 unspecified atom stereocenters. The van der Waals surface area contributed by atoms with Crippen LogP contribution in [-0.4, -0.2) is 35.1 Å². The van der Waals surface area contributed by atoms with Gasteiger partial charge >= 0.3 is 0 Å². The van der Waals surface area contributed by atoms with Crippen molar-refractivity contribution in [3.8, 4) is 0 Å². The normalized spacial score (nSPS) is 27.3.